The van der Waals surface area contributed by atoms with Crippen LogP contribution in [-0.2, 0) is 0 Å². The maximum Gasteiger partial charge on any atom is 0.137 e. The molecule has 0 aliphatic rings. The SMILES string of the molecule is c1ccc(-c2ccc(N(c3ccc4c(c3)oc3ccccc34)c3cc(-c4nc5ccccc5s4)cc4c3sc3ccccc34)cc2)cc1. The number of thiophene rings is 1. The van der Waals surface area contributed by atoms with E-state index in [0.29, 0.717) is 0 Å². The minimum Gasteiger partial charge on any atom is -0.456 e. The van der Waals surface area contributed by atoms with Crippen LogP contribution in [0.15, 0.2) is 162 Å². The summed E-state index contributed by atoms with van der Waals surface area (Å²) in [7, 11) is 0. The second kappa shape index (κ2) is 10.9. The molecule has 0 N–H and O–H groups in total. The summed E-state index contributed by atoms with van der Waals surface area (Å²) in [6, 6.07) is 56.1. The van der Waals surface area contributed by atoms with Crippen LogP contribution in [0, 0.1) is 0 Å². The Morgan fingerprint density at radius 3 is 2.00 bits per heavy atom. The Kier molecular flexibility index (Phi) is 6.22. The Morgan fingerprint density at radius 2 is 1.15 bits per heavy atom. The average Bonchev–Trinajstić information content (AvgIpc) is 3.86. The van der Waals surface area contributed by atoms with E-state index in [-0.39, 0.29) is 0 Å². The zero-order chi connectivity index (χ0) is 31.6. The summed E-state index contributed by atoms with van der Waals surface area (Å²) < 4.78 is 10.1. The Balaban J connectivity index is 1.25. The topological polar surface area (TPSA) is 29.3 Å². The number of anilines is 3. The molecule has 10 aromatic rings. The fourth-order valence-electron chi connectivity index (χ4n) is 6.81. The lowest BCUT2D eigenvalue weighted by Crippen LogP contribution is -2.10. The van der Waals surface area contributed by atoms with Gasteiger partial charge in [-0.05, 0) is 71.8 Å². The summed E-state index contributed by atoms with van der Waals surface area (Å²) in [5.74, 6) is 0. The zero-order valence-corrected chi connectivity index (χ0v) is 27.3. The first-order chi connectivity index (χ1) is 23.8. The van der Waals surface area contributed by atoms with E-state index in [9.17, 15) is 0 Å². The van der Waals surface area contributed by atoms with E-state index in [1.807, 2.05) is 23.5 Å². The van der Waals surface area contributed by atoms with Crippen LogP contribution in [0.25, 0.3) is 74.0 Å². The van der Waals surface area contributed by atoms with Crippen LogP contribution in [0.5, 0.6) is 0 Å². The number of furan rings is 1. The van der Waals surface area contributed by atoms with Gasteiger partial charge in [0.1, 0.15) is 16.2 Å². The monoisotopic (exact) mass is 650 g/mol. The molecule has 5 heteroatoms. The highest BCUT2D eigenvalue weighted by atomic mass is 32.1. The predicted molar refractivity (Wildman–Crippen MR) is 205 cm³/mol. The number of hydrogen-bond donors (Lipinski definition) is 0. The maximum absolute atomic E-state index is 6.42. The van der Waals surface area contributed by atoms with Crippen molar-refractivity contribution in [3.05, 3.63) is 158 Å². The minimum atomic E-state index is 0.870. The lowest BCUT2D eigenvalue weighted by Gasteiger charge is -2.27. The summed E-state index contributed by atoms with van der Waals surface area (Å²) in [5.41, 5.74) is 9.51. The van der Waals surface area contributed by atoms with Crippen molar-refractivity contribution in [2.45, 2.75) is 0 Å². The summed E-state index contributed by atoms with van der Waals surface area (Å²) in [6.45, 7) is 0. The van der Waals surface area contributed by atoms with Crippen LogP contribution >= 0.6 is 22.7 Å². The predicted octanol–water partition coefficient (Wildman–Crippen LogP) is 13.4. The van der Waals surface area contributed by atoms with Crippen molar-refractivity contribution >= 4 is 92.1 Å². The fraction of sp³-hybridized carbons (Fsp3) is 0. The molecular formula is C43H26N2OS2. The number of hydrogen-bond acceptors (Lipinski definition) is 5. The van der Waals surface area contributed by atoms with Crippen LogP contribution in [0.3, 0.4) is 0 Å². The molecule has 0 aliphatic heterocycles. The standard InChI is InChI=1S/C43H26N2OS2/c1-2-10-27(11-3-1)28-18-20-30(21-19-28)45(31-22-23-33-32-12-4-7-15-38(32)46-39(33)26-31)37-25-29(43-44-36-14-6-9-17-41(36)48-43)24-35-34-13-5-8-16-40(34)47-42(35)37/h1-26H. The van der Waals surface area contributed by atoms with Gasteiger partial charge in [-0.25, -0.2) is 4.98 Å². The van der Waals surface area contributed by atoms with Gasteiger partial charge in [0.05, 0.1) is 20.6 Å². The van der Waals surface area contributed by atoms with E-state index in [1.54, 1.807) is 11.3 Å². The number of aromatic nitrogens is 1. The summed E-state index contributed by atoms with van der Waals surface area (Å²) in [5, 5.41) is 5.75. The first-order valence-corrected chi connectivity index (χ1v) is 17.6. The van der Waals surface area contributed by atoms with Gasteiger partial charge in [0.15, 0.2) is 0 Å². The van der Waals surface area contributed by atoms with E-state index in [2.05, 4.69) is 150 Å². The molecule has 3 nitrogen and oxygen atoms in total. The summed E-state index contributed by atoms with van der Waals surface area (Å²) in [6.07, 6.45) is 0. The van der Waals surface area contributed by atoms with Gasteiger partial charge < -0.3 is 9.32 Å². The van der Waals surface area contributed by atoms with Crippen molar-refractivity contribution in [2.24, 2.45) is 0 Å². The van der Waals surface area contributed by atoms with Gasteiger partial charge in [-0.1, -0.05) is 91.0 Å². The lowest BCUT2D eigenvalue weighted by molar-refractivity contribution is 0.669. The molecule has 0 spiro atoms. The molecule has 0 radical (unpaired) electrons. The van der Waals surface area contributed by atoms with Gasteiger partial charge >= 0.3 is 0 Å². The molecule has 0 unspecified atom stereocenters. The van der Waals surface area contributed by atoms with E-state index in [0.717, 1.165) is 55.1 Å². The molecule has 10 rings (SSSR count). The molecule has 0 atom stereocenters. The van der Waals surface area contributed by atoms with Gasteiger partial charge in [0, 0.05) is 49.2 Å². The first kappa shape index (κ1) is 27.4. The number of fused-ring (bicyclic) bond motifs is 7. The van der Waals surface area contributed by atoms with Crippen molar-refractivity contribution in [3.8, 4) is 21.7 Å². The minimum absolute atomic E-state index is 0.870. The number of rotatable bonds is 5. The van der Waals surface area contributed by atoms with Crippen LogP contribution < -0.4 is 4.90 Å². The van der Waals surface area contributed by atoms with Crippen molar-refractivity contribution in [1.82, 2.24) is 4.98 Å². The third kappa shape index (κ3) is 4.43. The summed E-state index contributed by atoms with van der Waals surface area (Å²) >= 11 is 3.58. The Morgan fingerprint density at radius 1 is 0.458 bits per heavy atom. The molecule has 226 valence electrons. The second-order valence-corrected chi connectivity index (χ2v) is 14.1. The lowest BCUT2D eigenvalue weighted by atomic mass is 10.0. The molecule has 7 aromatic carbocycles. The van der Waals surface area contributed by atoms with Crippen LogP contribution in [0.1, 0.15) is 0 Å². The van der Waals surface area contributed by atoms with Gasteiger partial charge in [-0.15, -0.1) is 22.7 Å². The number of benzene rings is 7. The van der Waals surface area contributed by atoms with Gasteiger partial charge in [-0.2, -0.15) is 0 Å². The molecule has 3 aromatic heterocycles. The highest BCUT2D eigenvalue weighted by Gasteiger charge is 2.22. The largest absolute Gasteiger partial charge is 0.456 e. The first-order valence-electron chi connectivity index (χ1n) is 15.9. The van der Waals surface area contributed by atoms with E-state index >= 15 is 0 Å². The number of nitrogens with zero attached hydrogens (tertiary/aromatic N) is 2. The van der Waals surface area contributed by atoms with E-state index < -0.39 is 0 Å². The normalized spacial score (nSPS) is 11.8. The van der Waals surface area contributed by atoms with Crippen LogP contribution in [0.4, 0.5) is 17.1 Å². The molecule has 0 fully saturated rings. The Labute approximate surface area is 284 Å². The molecular weight excluding hydrogens is 625 g/mol. The second-order valence-electron chi connectivity index (χ2n) is 12.0. The molecule has 0 aliphatic carbocycles. The zero-order valence-electron chi connectivity index (χ0n) is 25.6. The third-order valence-electron chi connectivity index (χ3n) is 9.09. The van der Waals surface area contributed by atoms with Gasteiger partial charge in [0.25, 0.3) is 0 Å². The number of para-hydroxylation sites is 2. The quantitative estimate of drug-likeness (QED) is 0.186. The van der Waals surface area contributed by atoms with Crippen molar-refractivity contribution in [1.29, 1.82) is 0 Å². The van der Waals surface area contributed by atoms with Crippen molar-refractivity contribution < 1.29 is 4.42 Å². The maximum atomic E-state index is 6.42. The molecule has 0 amide bonds. The van der Waals surface area contributed by atoms with Crippen LogP contribution in [-0.4, -0.2) is 4.98 Å². The smallest absolute Gasteiger partial charge is 0.137 e. The van der Waals surface area contributed by atoms with Gasteiger partial charge in [0.2, 0.25) is 0 Å². The van der Waals surface area contributed by atoms with Gasteiger partial charge in [-0.3, -0.25) is 0 Å². The molecule has 0 saturated carbocycles. The van der Waals surface area contributed by atoms with E-state index in [1.165, 1.54) is 36.0 Å². The third-order valence-corrected chi connectivity index (χ3v) is 11.4. The average molecular weight is 651 g/mol. The Hall–Kier alpha value is -5.75. The fourth-order valence-corrected chi connectivity index (χ4v) is 8.95. The molecule has 3 heterocycles. The van der Waals surface area contributed by atoms with Crippen molar-refractivity contribution in [2.75, 3.05) is 4.90 Å². The number of thiazole rings is 1. The van der Waals surface area contributed by atoms with Crippen LogP contribution in [0.2, 0.25) is 0 Å². The highest BCUT2D eigenvalue weighted by molar-refractivity contribution is 7.26. The molecule has 0 bridgehead atoms. The van der Waals surface area contributed by atoms with Crippen molar-refractivity contribution in [3.63, 3.8) is 0 Å². The summed E-state index contributed by atoms with van der Waals surface area (Å²) in [4.78, 5) is 7.48. The Bertz CT molecular complexity index is 2760. The molecule has 48 heavy (non-hydrogen) atoms. The highest BCUT2D eigenvalue weighted by Crippen LogP contribution is 2.48. The van der Waals surface area contributed by atoms with E-state index in [4.69, 9.17) is 9.40 Å². The molecule has 0 saturated heterocycles.